The number of nitrogens with two attached hydrogens (primary N) is 1. The normalized spacial score (nSPS) is 10.4. The number of benzene rings is 1. The van der Waals surface area contributed by atoms with Gasteiger partial charge in [0, 0.05) is 9.92 Å². The lowest BCUT2D eigenvalue weighted by Gasteiger charge is -2.02. The molecule has 2 N–H and O–H groups in total. The minimum atomic E-state index is -0.501. The molecule has 0 aliphatic rings. The van der Waals surface area contributed by atoms with E-state index in [1.54, 1.807) is 18.2 Å². The predicted molar refractivity (Wildman–Crippen MR) is 62.0 cm³/mol. The van der Waals surface area contributed by atoms with E-state index in [1.165, 1.54) is 0 Å². The molecular weight excluding hydrogens is 249 g/mol. The topological polar surface area (TPSA) is 51.8 Å². The van der Waals surface area contributed by atoms with Crippen molar-refractivity contribution in [1.82, 2.24) is 9.97 Å². The van der Waals surface area contributed by atoms with Crippen molar-refractivity contribution in [2.24, 2.45) is 0 Å². The zero-order chi connectivity index (χ0) is 11.5. The van der Waals surface area contributed by atoms with Gasteiger partial charge in [-0.15, -0.1) is 0 Å². The Balaban J connectivity index is 2.30. The van der Waals surface area contributed by atoms with Crippen LogP contribution in [-0.4, -0.2) is 9.97 Å². The van der Waals surface area contributed by atoms with Crippen LogP contribution in [0.2, 0.25) is 5.02 Å². The number of anilines is 1. The summed E-state index contributed by atoms with van der Waals surface area (Å²) in [5.74, 6) is -0.454. The summed E-state index contributed by atoms with van der Waals surface area (Å²) < 4.78 is 13.3. The first-order chi connectivity index (χ1) is 7.65. The summed E-state index contributed by atoms with van der Waals surface area (Å²) in [4.78, 5) is 8.16. The average molecular weight is 256 g/mol. The van der Waals surface area contributed by atoms with Crippen LogP contribution in [0.15, 0.2) is 40.4 Å². The number of nitrogen functional groups attached to an aromatic ring is 1. The van der Waals surface area contributed by atoms with Crippen LogP contribution >= 0.6 is 23.4 Å². The number of hydrogen-bond donors (Lipinski definition) is 1. The summed E-state index contributed by atoms with van der Waals surface area (Å²) >= 11 is 6.97. The van der Waals surface area contributed by atoms with E-state index in [9.17, 15) is 4.39 Å². The summed E-state index contributed by atoms with van der Waals surface area (Å²) in [6, 6.07) is 7.07. The van der Waals surface area contributed by atoms with Gasteiger partial charge in [-0.05, 0) is 18.2 Å². The van der Waals surface area contributed by atoms with Gasteiger partial charge in [0.25, 0.3) is 0 Å². The molecule has 0 saturated heterocycles. The molecule has 0 aliphatic carbocycles. The summed E-state index contributed by atoms with van der Waals surface area (Å²) in [5.41, 5.74) is 5.38. The molecule has 1 aromatic carbocycles. The van der Waals surface area contributed by atoms with Crippen LogP contribution in [0.3, 0.4) is 0 Å². The smallest absolute Gasteiger partial charge is 0.221 e. The van der Waals surface area contributed by atoms with Gasteiger partial charge in [0.05, 0.1) is 6.20 Å². The van der Waals surface area contributed by atoms with Gasteiger partial charge in [-0.1, -0.05) is 29.4 Å². The number of nitrogens with zero attached hydrogens (tertiary/aromatic N) is 2. The Labute approximate surface area is 101 Å². The SMILES string of the molecule is Nc1ncc(F)c(Sc2cccc(Cl)c2)n1. The fourth-order valence-corrected chi connectivity index (χ4v) is 2.18. The molecule has 0 bridgehead atoms. The third-order valence-electron chi connectivity index (χ3n) is 1.74. The minimum absolute atomic E-state index is 0.0472. The van der Waals surface area contributed by atoms with E-state index >= 15 is 0 Å². The highest BCUT2D eigenvalue weighted by Crippen LogP contribution is 2.29. The monoisotopic (exact) mass is 255 g/mol. The third-order valence-corrected chi connectivity index (χ3v) is 2.95. The van der Waals surface area contributed by atoms with Crippen LogP contribution in [0.4, 0.5) is 10.3 Å². The Hall–Kier alpha value is -1.33. The fraction of sp³-hybridized carbons (Fsp3) is 0. The highest BCUT2D eigenvalue weighted by Gasteiger charge is 2.07. The highest BCUT2D eigenvalue weighted by atomic mass is 35.5. The van der Waals surface area contributed by atoms with Gasteiger partial charge >= 0.3 is 0 Å². The lowest BCUT2D eigenvalue weighted by Crippen LogP contribution is -1.97. The van der Waals surface area contributed by atoms with E-state index in [2.05, 4.69) is 9.97 Å². The predicted octanol–water partition coefficient (Wildman–Crippen LogP) is 3.00. The average Bonchev–Trinajstić information content (AvgIpc) is 2.24. The lowest BCUT2D eigenvalue weighted by atomic mass is 10.4. The van der Waals surface area contributed by atoms with Crippen molar-refractivity contribution in [3.8, 4) is 0 Å². The summed E-state index contributed by atoms with van der Waals surface area (Å²) in [5, 5.41) is 0.780. The van der Waals surface area contributed by atoms with Crippen LogP contribution in [-0.2, 0) is 0 Å². The van der Waals surface area contributed by atoms with Crippen LogP contribution in [0, 0.1) is 5.82 Å². The quantitative estimate of drug-likeness (QED) is 0.838. The Morgan fingerprint density at radius 2 is 2.19 bits per heavy atom. The van der Waals surface area contributed by atoms with E-state index in [0.29, 0.717) is 5.02 Å². The van der Waals surface area contributed by atoms with Crippen molar-refractivity contribution in [2.45, 2.75) is 9.92 Å². The van der Waals surface area contributed by atoms with Crippen molar-refractivity contribution >= 4 is 29.3 Å². The molecule has 1 heterocycles. The Morgan fingerprint density at radius 3 is 2.94 bits per heavy atom. The fourth-order valence-electron chi connectivity index (χ4n) is 1.08. The van der Waals surface area contributed by atoms with E-state index in [-0.39, 0.29) is 11.0 Å². The lowest BCUT2D eigenvalue weighted by molar-refractivity contribution is 0.580. The second-order valence-electron chi connectivity index (χ2n) is 2.94. The molecule has 3 nitrogen and oxygen atoms in total. The number of rotatable bonds is 2. The first-order valence-electron chi connectivity index (χ1n) is 4.36. The van der Waals surface area contributed by atoms with Gasteiger partial charge < -0.3 is 5.73 Å². The van der Waals surface area contributed by atoms with Crippen molar-refractivity contribution in [1.29, 1.82) is 0 Å². The van der Waals surface area contributed by atoms with Crippen LogP contribution in [0.1, 0.15) is 0 Å². The molecule has 16 heavy (non-hydrogen) atoms. The van der Waals surface area contributed by atoms with Gasteiger partial charge in [0.15, 0.2) is 5.82 Å². The van der Waals surface area contributed by atoms with E-state index in [1.807, 2.05) is 6.07 Å². The second kappa shape index (κ2) is 4.67. The Morgan fingerprint density at radius 1 is 1.38 bits per heavy atom. The Bertz CT molecular complexity index is 521. The zero-order valence-corrected chi connectivity index (χ0v) is 9.60. The maximum Gasteiger partial charge on any atom is 0.221 e. The highest BCUT2D eigenvalue weighted by molar-refractivity contribution is 7.99. The molecule has 0 saturated carbocycles. The van der Waals surface area contributed by atoms with Crippen molar-refractivity contribution in [3.63, 3.8) is 0 Å². The second-order valence-corrected chi connectivity index (χ2v) is 4.44. The van der Waals surface area contributed by atoms with Crippen LogP contribution in [0.25, 0.3) is 0 Å². The first kappa shape index (κ1) is 11.2. The maximum absolute atomic E-state index is 13.3. The molecule has 82 valence electrons. The minimum Gasteiger partial charge on any atom is -0.368 e. The van der Waals surface area contributed by atoms with Gasteiger partial charge in [0.2, 0.25) is 5.95 Å². The third kappa shape index (κ3) is 2.62. The van der Waals surface area contributed by atoms with E-state index in [0.717, 1.165) is 22.9 Å². The first-order valence-corrected chi connectivity index (χ1v) is 5.56. The maximum atomic E-state index is 13.3. The molecule has 0 radical (unpaired) electrons. The molecule has 0 amide bonds. The van der Waals surface area contributed by atoms with Gasteiger partial charge in [-0.25, -0.2) is 14.4 Å². The molecule has 0 fully saturated rings. The molecule has 2 aromatic rings. The summed E-state index contributed by atoms with van der Waals surface area (Å²) in [6.45, 7) is 0. The van der Waals surface area contributed by atoms with Gasteiger partial charge in [-0.3, -0.25) is 0 Å². The van der Waals surface area contributed by atoms with Crippen molar-refractivity contribution in [3.05, 3.63) is 41.3 Å². The van der Waals surface area contributed by atoms with Crippen molar-refractivity contribution < 1.29 is 4.39 Å². The van der Waals surface area contributed by atoms with Gasteiger partial charge in [0.1, 0.15) is 5.03 Å². The largest absolute Gasteiger partial charge is 0.368 e. The van der Waals surface area contributed by atoms with Crippen LogP contribution in [0.5, 0.6) is 0 Å². The van der Waals surface area contributed by atoms with Crippen LogP contribution < -0.4 is 5.73 Å². The van der Waals surface area contributed by atoms with E-state index in [4.69, 9.17) is 17.3 Å². The standard InChI is InChI=1S/C10H7ClFN3S/c11-6-2-1-3-7(4-6)16-9-8(12)5-14-10(13)15-9/h1-5H,(H2,13,14,15). The molecule has 2 rings (SSSR count). The number of halogens is 2. The molecule has 1 aromatic heterocycles. The van der Waals surface area contributed by atoms with Gasteiger partial charge in [-0.2, -0.15) is 0 Å². The molecule has 0 spiro atoms. The Kier molecular flexibility index (Phi) is 3.26. The molecule has 6 heteroatoms. The summed E-state index contributed by atoms with van der Waals surface area (Å²) in [7, 11) is 0. The number of hydrogen-bond acceptors (Lipinski definition) is 4. The molecule has 0 aliphatic heterocycles. The molecular formula is C10H7ClFN3S. The number of aromatic nitrogens is 2. The molecule has 0 atom stereocenters. The molecule has 0 unspecified atom stereocenters. The summed E-state index contributed by atoms with van der Waals surface area (Å²) in [6.07, 6.45) is 1.05. The van der Waals surface area contributed by atoms with Crippen molar-refractivity contribution in [2.75, 3.05) is 5.73 Å². The van der Waals surface area contributed by atoms with E-state index < -0.39 is 5.82 Å². The zero-order valence-electron chi connectivity index (χ0n) is 8.02.